The largest absolute Gasteiger partial charge is 0.332 e. The van der Waals surface area contributed by atoms with Gasteiger partial charge < -0.3 is 27.1 Å². The van der Waals surface area contributed by atoms with Gasteiger partial charge in [-0.05, 0) is 38.5 Å². The first-order valence-electron chi connectivity index (χ1n) is 20.6. The Morgan fingerprint density at radius 3 is 0.574 bits per heavy atom. The lowest BCUT2D eigenvalue weighted by Gasteiger charge is -2.17. The van der Waals surface area contributed by atoms with Crippen LogP contribution in [0.1, 0.15) is 215 Å². The molecule has 0 N–H and O–H groups in total. The van der Waals surface area contributed by atoms with Gasteiger partial charge in [0.15, 0.2) is 0 Å². The summed E-state index contributed by atoms with van der Waals surface area (Å²) in [6.07, 6.45) is 33.8. The van der Waals surface area contributed by atoms with Crippen LogP contribution in [0, 0.1) is 0 Å². The van der Waals surface area contributed by atoms with Crippen molar-refractivity contribution in [2.45, 2.75) is 215 Å². The first-order valence-corrected chi connectivity index (χ1v) is 22.8. The molecule has 0 unspecified atom stereocenters. The van der Waals surface area contributed by atoms with Gasteiger partial charge in [0.2, 0.25) is 0 Å². The number of unbranched alkanes of at least 4 members (excludes halogenated alkanes) is 21. The average Bonchev–Trinajstić information content (AvgIpc) is 3.08. The van der Waals surface area contributed by atoms with E-state index in [1.165, 1.54) is 135 Å². The Hall–Kier alpha value is 0.620. The molecule has 47 heavy (non-hydrogen) atoms. The van der Waals surface area contributed by atoms with Gasteiger partial charge in [0.05, 0.1) is 39.6 Å². The van der Waals surface area contributed by atoms with Gasteiger partial charge in [-0.15, -0.1) is 0 Å². The van der Waals surface area contributed by atoms with E-state index in [0.717, 1.165) is 78.2 Å². The zero-order chi connectivity index (χ0) is 34.7. The molecule has 0 rings (SSSR count). The standard InChI is InChI=1S/C24H51O3P.C15H33O3P/c1-4-7-10-13-16-19-22-25-28(26-23-20-17-14-11-8-5-2)27-24-21-18-15-12-9-6-3;1-4-7-10-13-16-19(17-14-11-8-5-2)18-15-12-9-6-3/h4-24H2,1-3H3;4-15H2,1-3H3. The van der Waals surface area contributed by atoms with E-state index in [4.69, 9.17) is 27.1 Å². The van der Waals surface area contributed by atoms with Gasteiger partial charge in [0.25, 0.3) is 0 Å². The van der Waals surface area contributed by atoms with Crippen molar-refractivity contribution in [3.8, 4) is 0 Å². The second-order valence-electron chi connectivity index (χ2n) is 12.9. The van der Waals surface area contributed by atoms with Crippen molar-refractivity contribution >= 4 is 17.2 Å². The van der Waals surface area contributed by atoms with Gasteiger partial charge in [0, 0.05) is 0 Å². The summed E-state index contributed by atoms with van der Waals surface area (Å²) in [5.74, 6) is 0. The van der Waals surface area contributed by atoms with Crippen LogP contribution in [0.4, 0.5) is 0 Å². The first-order chi connectivity index (χ1) is 23.2. The molecule has 0 bridgehead atoms. The zero-order valence-electron chi connectivity index (χ0n) is 32.7. The lowest BCUT2D eigenvalue weighted by molar-refractivity contribution is 0.153. The molecule has 0 aliphatic carbocycles. The molecular weight excluding hydrogens is 626 g/mol. The molecule has 0 saturated heterocycles. The lowest BCUT2D eigenvalue weighted by Crippen LogP contribution is -2.00. The monoisotopic (exact) mass is 711 g/mol. The second-order valence-corrected chi connectivity index (χ2v) is 15.3. The van der Waals surface area contributed by atoms with Gasteiger partial charge >= 0.3 is 17.2 Å². The summed E-state index contributed by atoms with van der Waals surface area (Å²) in [7, 11) is -2.25. The minimum absolute atomic E-state index is 0.765. The van der Waals surface area contributed by atoms with Crippen LogP contribution in [0.2, 0.25) is 0 Å². The van der Waals surface area contributed by atoms with Crippen molar-refractivity contribution in [3.05, 3.63) is 0 Å². The molecule has 0 aromatic rings. The maximum atomic E-state index is 5.96. The molecule has 0 fully saturated rings. The van der Waals surface area contributed by atoms with E-state index in [1.807, 2.05) is 0 Å². The van der Waals surface area contributed by atoms with Crippen LogP contribution in [0.5, 0.6) is 0 Å². The topological polar surface area (TPSA) is 55.4 Å². The highest BCUT2D eigenvalue weighted by atomic mass is 31.2. The highest BCUT2D eigenvalue weighted by Gasteiger charge is 2.13. The quantitative estimate of drug-likeness (QED) is 0.0468. The summed E-state index contributed by atoms with van der Waals surface area (Å²) in [6, 6.07) is 0. The van der Waals surface area contributed by atoms with E-state index >= 15 is 0 Å². The van der Waals surface area contributed by atoms with Crippen LogP contribution in [-0.2, 0) is 27.1 Å². The predicted octanol–water partition coefficient (Wildman–Crippen LogP) is 15.2. The molecule has 0 aliphatic heterocycles. The smallest absolute Gasteiger partial charge is 0.312 e. The van der Waals surface area contributed by atoms with E-state index < -0.39 is 17.2 Å². The molecule has 0 radical (unpaired) electrons. The van der Waals surface area contributed by atoms with Crippen molar-refractivity contribution in [1.82, 2.24) is 0 Å². The summed E-state index contributed by atoms with van der Waals surface area (Å²) >= 11 is 0. The normalized spacial score (nSPS) is 11.5. The summed E-state index contributed by atoms with van der Waals surface area (Å²) in [5.41, 5.74) is 0. The van der Waals surface area contributed by atoms with Crippen LogP contribution in [0.25, 0.3) is 0 Å². The van der Waals surface area contributed by atoms with Crippen molar-refractivity contribution in [2.24, 2.45) is 0 Å². The summed E-state index contributed by atoms with van der Waals surface area (Å²) in [5, 5.41) is 0. The summed E-state index contributed by atoms with van der Waals surface area (Å²) < 4.78 is 35.1. The van der Waals surface area contributed by atoms with Crippen LogP contribution >= 0.6 is 17.2 Å². The van der Waals surface area contributed by atoms with Crippen LogP contribution in [0.15, 0.2) is 0 Å². The first kappa shape index (κ1) is 49.7. The van der Waals surface area contributed by atoms with E-state index in [0.29, 0.717) is 0 Å². The lowest BCUT2D eigenvalue weighted by atomic mass is 10.1. The second kappa shape index (κ2) is 46.6. The van der Waals surface area contributed by atoms with Crippen molar-refractivity contribution in [1.29, 1.82) is 0 Å². The minimum Gasteiger partial charge on any atom is -0.312 e. The zero-order valence-corrected chi connectivity index (χ0v) is 34.5. The van der Waals surface area contributed by atoms with Crippen molar-refractivity contribution in [3.63, 3.8) is 0 Å². The van der Waals surface area contributed by atoms with Gasteiger partial charge in [-0.25, -0.2) is 0 Å². The Labute approximate surface area is 298 Å². The maximum absolute atomic E-state index is 5.96. The third-order valence-electron chi connectivity index (χ3n) is 7.92. The molecule has 8 heteroatoms. The van der Waals surface area contributed by atoms with E-state index in [1.54, 1.807) is 0 Å². The number of hydrogen-bond acceptors (Lipinski definition) is 6. The molecule has 0 atom stereocenters. The summed E-state index contributed by atoms with van der Waals surface area (Å²) in [4.78, 5) is 0. The molecular formula is C39H84O6P2. The van der Waals surface area contributed by atoms with Gasteiger partial charge in [-0.3, -0.25) is 0 Å². The fourth-order valence-corrected chi connectivity index (χ4v) is 6.88. The SMILES string of the molecule is CCCCCCCCOP(OCCCCCCCC)OCCCCCCCC.CCCCCOP(OCCCCC)OCCCCC. The average molecular weight is 711 g/mol. The Morgan fingerprint density at radius 1 is 0.213 bits per heavy atom. The Kier molecular flexibility index (Phi) is 49.3. The molecule has 0 amide bonds. The Balaban J connectivity index is 0. The van der Waals surface area contributed by atoms with Crippen molar-refractivity contribution in [2.75, 3.05) is 39.6 Å². The predicted molar refractivity (Wildman–Crippen MR) is 208 cm³/mol. The highest BCUT2D eigenvalue weighted by Crippen LogP contribution is 2.41. The fraction of sp³-hybridized carbons (Fsp3) is 1.00. The third-order valence-corrected chi connectivity index (χ3v) is 10.3. The maximum Gasteiger partial charge on any atom is 0.332 e. The van der Waals surface area contributed by atoms with Gasteiger partial charge in [-0.1, -0.05) is 176 Å². The molecule has 0 aromatic carbocycles. The molecule has 0 saturated carbocycles. The highest BCUT2D eigenvalue weighted by molar-refractivity contribution is 7.41. The summed E-state index contributed by atoms with van der Waals surface area (Å²) in [6.45, 7) is 18.0. The molecule has 0 aliphatic rings. The van der Waals surface area contributed by atoms with Crippen molar-refractivity contribution < 1.29 is 27.1 Å². The van der Waals surface area contributed by atoms with Crippen LogP contribution in [0.3, 0.4) is 0 Å². The number of hydrogen-bond donors (Lipinski definition) is 0. The van der Waals surface area contributed by atoms with Gasteiger partial charge in [-0.2, -0.15) is 0 Å². The van der Waals surface area contributed by atoms with Gasteiger partial charge in [0.1, 0.15) is 0 Å². The molecule has 0 heterocycles. The Morgan fingerprint density at radius 2 is 0.362 bits per heavy atom. The Bertz CT molecular complexity index is 460. The van der Waals surface area contributed by atoms with Crippen LogP contribution < -0.4 is 0 Å². The minimum atomic E-state index is -1.14. The molecule has 0 aromatic heterocycles. The number of rotatable bonds is 39. The fourth-order valence-electron chi connectivity index (χ4n) is 4.76. The van der Waals surface area contributed by atoms with E-state index in [-0.39, 0.29) is 0 Å². The van der Waals surface area contributed by atoms with Crippen LogP contribution in [-0.4, -0.2) is 39.6 Å². The molecule has 286 valence electrons. The van der Waals surface area contributed by atoms with E-state index in [2.05, 4.69) is 41.5 Å². The molecule has 6 nitrogen and oxygen atoms in total. The molecule has 0 spiro atoms. The third kappa shape index (κ3) is 44.6. The van der Waals surface area contributed by atoms with E-state index in [9.17, 15) is 0 Å².